The number of amides is 2. The van der Waals surface area contributed by atoms with Crippen LogP contribution >= 0.6 is 0 Å². The monoisotopic (exact) mass is 347 g/mol. The molecule has 128 valence electrons. The summed E-state index contributed by atoms with van der Waals surface area (Å²) in [6, 6.07) is 12.0. The van der Waals surface area contributed by atoms with Gasteiger partial charge in [-0.2, -0.15) is 18.4 Å². The second-order valence-electron chi connectivity index (χ2n) is 5.04. The van der Waals surface area contributed by atoms with Gasteiger partial charge >= 0.3 is 6.18 Å². The summed E-state index contributed by atoms with van der Waals surface area (Å²) in [5.41, 5.74) is 0.0382. The number of carbonyl (C=O) groups is 2. The zero-order valence-electron chi connectivity index (χ0n) is 12.7. The van der Waals surface area contributed by atoms with Gasteiger partial charge in [-0.25, -0.2) is 0 Å². The number of carbonyl (C=O) groups excluding carboxylic acids is 2. The van der Waals surface area contributed by atoms with Gasteiger partial charge in [0.05, 0.1) is 17.2 Å². The molecule has 0 unspecified atom stereocenters. The smallest absolute Gasteiger partial charge is 0.326 e. The number of rotatable bonds is 4. The molecule has 0 aromatic heterocycles. The SMILES string of the molecule is N#Cc1cccc(NC(=O)CC(=O)Nc2ccc(C(F)(F)F)cc2)c1. The van der Waals surface area contributed by atoms with Crippen LogP contribution in [0.5, 0.6) is 0 Å². The van der Waals surface area contributed by atoms with Gasteiger partial charge in [-0.05, 0) is 42.5 Å². The molecule has 0 bridgehead atoms. The third-order valence-electron chi connectivity index (χ3n) is 3.09. The predicted molar refractivity (Wildman–Crippen MR) is 84.5 cm³/mol. The minimum atomic E-state index is -4.46. The minimum Gasteiger partial charge on any atom is -0.326 e. The Kier molecular flexibility index (Phi) is 5.39. The Bertz CT molecular complexity index is 824. The Labute approximate surface area is 141 Å². The topological polar surface area (TPSA) is 82.0 Å². The average molecular weight is 347 g/mol. The predicted octanol–water partition coefficient (Wildman–Crippen LogP) is 3.54. The van der Waals surface area contributed by atoms with E-state index in [0.717, 1.165) is 24.3 Å². The fraction of sp³-hybridized carbons (Fsp3) is 0.118. The summed E-state index contributed by atoms with van der Waals surface area (Å²) in [6.07, 6.45) is -4.97. The van der Waals surface area contributed by atoms with E-state index < -0.39 is 30.0 Å². The Balaban J connectivity index is 1.91. The van der Waals surface area contributed by atoms with Gasteiger partial charge in [-0.1, -0.05) is 6.07 Å². The highest BCUT2D eigenvalue weighted by Gasteiger charge is 2.30. The maximum Gasteiger partial charge on any atom is 0.416 e. The maximum atomic E-state index is 12.5. The maximum absolute atomic E-state index is 12.5. The molecule has 0 saturated carbocycles. The van der Waals surface area contributed by atoms with Crippen molar-refractivity contribution in [3.05, 3.63) is 59.7 Å². The molecule has 0 spiro atoms. The zero-order chi connectivity index (χ0) is 18.4. The van der Waals surface area contributed by atoms with E-state index in [4.69, 9.17) is 5.26 Å². The van der Waals surface area contributed by atoms with Crippen LogP contribution in [0.3, 0.4) is 0 Å². The first-order chi connectivity index (χ1) is 11.8. The molecule has 0 fully saturated rings. The second-order valence-corrected chi connectivity index (χ2v) is 5.04. The third-order valence-corrected chi connectivity index (χ3v) is 3.09. The van der Waals surface area contributed by atoms with Crippen molar-refractivity contribution < 1.29 is 22.8 Å². The molecule has 5 nitrogen and oxygen atoms in total. The van der Waals surface area contributed by atoms with E-state index in [1.165, 1.54) is 6.07 Å². The largest absolute Gasteiger partial charge is 0.416 e. The van der Waals surface area contributed by atoms with Crippen LogP contribution < -0.4 is 10.6 Å². The van der Waals surface area contributed by atoms with Gasteiger partial charge in [-0.3, -0.25) is 9.59 Å². The number of hydrogen-bond donors (Lipinski definition) is 2. The normalized spacial score (nSPS) is 10.6. The van der Waals surface area contributed by atoms with Crippen molar-refractivity contribution in [2.75, 3.05) is 10.6 Å². The molecule has 2 rings (SSSR count). The van der Waals surface area contributed by atoms with Gasteiger partial charge in [0.25, 0.3) is 0 Å². The highest BCUT2D eigenvalue weighted by Crippen LogP contribution is 2.29. The molecular weight excluding hydrogens is 335 g/mol. The molecule has 2 N–H and O–H groups in total. The number of halogens is 3. The van der Waals surface area contributed by atoms with Crippen LogP contribution in [0.2, 0.25) is 0 Å². The molecule has 0 heterocycles. The molecule has 0 saturated heterocycles. The van der Waals surface area contributed by atoms with Crippen LogP contribution in [0.15, 0.2) is 48.5 Å². The van der Waals surface area contributed by atoms with Crippen molar-refractivity contribution in [2.45, 2.75) is 12.6 Å². The van der Waals surface area contributed by atoms with E-state index in [0.29, 0.717) is 11.3 Å². The molecule has 2 amide bonds. The fourth-order valence-corrected chi connectivity index (χ4v) is 1.97. The van der Waals surface area contributed by atoms with E-state index in [1.54, 1.807) is 18.2 Å². The minimum absolute atomic E-state index is 0.150. The first-order valence-electron chi connectivity index (χ1n) is 7.05. The summed E-state index contributed by atoms with van der Waals surface area (Å²) < 4.78 is 37.4. The van der Waals surface area contributed by atoms with E-state index in [-0.39, 0.29) is 5.69 Å². The zero-order valence-corrected chi connectivity index (χ0v) is 12.7. The molecule has 0 atom stereocenters. The number of nitriles is 1. The molecule has 0 aliphatic heterocycles. The van der Waals surface area contributed by atoms with Crippen LogP contribution in [0.1, 0.15) is 17.5 Å². The van der Waals surface area contributed by atoms with Crippen LogP contribution in [-0.2, 0) is 15.8 Å². The molecule has 25 heavy (non-hydrogen) atoms. The highest BCUT2D eigenvalue weighted by molar-refractivity contribution is 6.08. The van der Waals surface area contributed by atoms with E-state index >= 15 is 0 Å². The number of nitrogens with one attached hydrogen (secondary N) is 2. The standard InChI is InChI=1S/C17H12F3N3O2/c18-17(19,20)12-4-6-13(7-5-12)22-15(24)9-16(25)23-14-3-1-2-11(8-14)10-21/h1-8H,9H2,(H,22,24)(H,23,25). The fourth-order valence-electron chi connectivity index (χ4n) is 1.97. The van der Waals surface area contributed by atoms with Crippen molar-refractivity contribution in [1.29, 1.82) is 5.26 Å². The lowest BCUT2D eigenvalue weighted by atomic mass is 10.2. The molecule has 2 aromatic rings. The van der Waals surface area contributed by atoms with Crippen molar-refractivity contribution in [1.82, 2.24) is 0 Å². The Morgan fingerprint density at radius 3 is 2.12 bits per heavy atom. The average Bonchev–Trinajstić information content (AvgIpc) is 2.54. The van der Waals surface area contributed by atoms with Gasteiger partial charge in [0, 0.05) is 11.4 Å². The first-order valence-corrected chi connectivity index (χ1v) is 7.05. The molecule has 8 heteroatoms. The number of alkyl halides is 3. The van der Waals surface area contributed by atoms with E-state index in [1.807, 2.05) is 6.07 Å². The summed E-state index contributed by atoms with van der Waals surface area (Å²) in [4.78, 5) is 23.6. The van der Waals surface area contributed by atoms with Gasteiger partial charge in [0.15, 0.2) is 0 Å². The Morgan fingerprint density at radius 2 is 1.56 bits per heavy atom. The van der Waals surface area contributed by atoms with Crippen molar-refractivity contribution in [3.8, 4) is 6.07 Å². The van der Waals surface area contributed by atoms with E-state index in [9.17, 15) is 22.8 Å². The van der Waals surface area contributed by atoms with Gasteiger partial charge in [0.2, 0.25) is 11.8 Å². The van der Waals surface area contributed by atoms with Crippen molar-refractivity contribution in [2.24, 2.45) is 0 Å². The molecule has 0 aliphatic carbocycles. The van der Waals surface area contributed by atoms with Gasteiger partial charge in [-0.15, -0.1) is 0 Å². The first kappa shape index (κ1) is 18.0. The number of nitrogens with zero attached hydrogens (tertiary/aromatic N) is 1. The second kappa shape index (κ2) is 7.49. The summed E-state index contributed by atoms with van der Waals surface area (Å²) in [5.74, 6) is -1.28. The molecule has 0 radical (unpaired) electrons. The summed E-state index contributed by atoms with van der Waals surface area (Å²) >= 11 is 0. The lowest BCUT2D eigenvalue weighted by Gasteiger charge is -2.09. The molecule has 2 aromatic carbocycles. The quantitative estimate of drug-likeness (QED) is 0.830. The third kappa shape index (κ3) is 5.35. The lowest BCUT2D eigenvalue weighted by molar-refractivity contribution is -0.137. The summed E-state index contributed by atoms with van der Waals surface area (Å²) in [5, 5.41) is 13.6. The van der Waals surface area contributed by atoms with Crippen LogP contribution in [0.4, 0.5) is 24.5 Å². The van der Waals surface area contributed by atoms with Crippen molar-refractivity contribution in [3.63, 3.8) is 0 Å². The lowest BCUT2D eigenvalue weighted by Crippen LogP contribution is -2.21. The Hall–Kier alpha value is -3.34. The molecule has 0 aliphatic rings. The van der Waals surface area contributed by atoms with Crippen molar-refractivity contribution >= 4 is 23.2 Å². The van der Waals surface area contributed by atoms with Gasteiger partial charge < -0.3 is 10.6 Å². The van der Waals surface area contributed by atoms with Crippen LogP contribution in [-0.4, -0.2) is 11.8 Å². The Morgan fingerprint density at radius 1 is 0.960 bits per heavy atom. The summed E-state index contributed by atoms with van der Waals surface area (Å²) in [7, 11) is 0. The molecular formula is C17H12F3N3O2. The van der Waals surface area contributed by atoms with Gasteiger partial charge in [0.1, 0.15) is 6.42 Å². The van der Waals surface area contributed by atoms with Crippen LogP contribution in [0.25, 0.3) is 0 Å². The van der Waals surface area contributed by atoms with Crippen LogP contribution in [0, 0.1) is 11.3 Å². The highest BCUT2D eigenvalue weighted by atomic mass is 19.4. The number of hydrogen-bond acceptors (Lipinski definition) is 3. The number of benzene rings is 2. The summed E-state index contributed by atoms with van der Waals surface area (Å²) in [6.45, 7) is 0. The van der Waals surface area contributed by atoms with E-state index in [2.05, 4.69) is 10.6 Å². The number of anilines is 2.